The number of carbonyl (C=O) groups excluding carboxylic acids is 1. The molecular formula is C15H11F2NO3. The number of rotatable bonds is 5. The molecule has 2 rings (SSSR count). The number of ether oxygens (including phenoxy) is 1. The van der Waals surface area contributed by atoms with Gasteiger partial charge in [0.05, 0.1) is 6.07 Å². The van der Waals surface area contributed by atoms with Gasteiger partial charge in [-0.15, -0.1) is 0 Å². The van der Waals surface area contributed by atoms with Gasteiger partial charge in [-0.25, -0.2) is 0 Å². The maximum Gasteiger partial charge on any atom is 0.387 e. The maximum absolute atomic E-state index is 12.2. The van der Waals surface area contributed by atoms with Crippen molar-refractivity contribution >= 4 is 5.78 Å². The molecule has 1 unspecified atom stereocenters. The van der Waals surface area contributed by atoms with E-state index in [2.05, 4.69) is 4.74 Å². The fraction of sp³-hybridized carbons (Fsp3) is 0.200. The summed E-state index contributed by atoms with van der Waals surface area (Å²) in [6.45, 7) is -1.23. The highest BCUT2D eigenvalue weighted by atomic mass is 19.3. The number of benzene rings is 1. The lowest BCUT2D eigenvalue weighted by molar-refractivity contribution is -0.0498. The van der Waals surface area contributed by atoms with Gasteiger partial charge in [0.2, 0.25) is 5.78 Å². The van der Waals surface area contributed by atoms with Crippen molar-refractivity contribution in [2.45, 2.75) is 19.5 Å². The molecule has 0 spiro atoms. The summed E-state index contributed by atoms with van der Waals surface area (Å²) in [6, 6.07) is 10.4. The van der Waals surface area contributed by atoms with E-state index in [1.165, 1.54) is 30.3 Å². The number of carbonyl (C=O) groups is 1. The molecule has 108 valence electrons. The predicted molar refractivity (Wildman–Crippen MR) is 69.2 cm³/mol. The molecule has 0 aliphatic heterocycles. The molecule has 0 radical (unpaired) electrons. The quantitative estimate of drug-likeness (QED) is 0.788. The highest BCUT2D eigenvalue weighted by molar-refractivity contribution is 6.00. The molecule has 4 nitrogen and oxygen atoms in total. The highest BCUT2D eigenvalue weighted by Crippen LogP contribution is 2.24. The summed E-state index contributed by atoms with van der Waals surface area (Å²) in [4.78, 5) is 12.2. The molecule has 1 aromatic heterocycles. The van der Waals surface area contributed by atoms with Crippen LogP contribution in [0.25, 0.3) is 0 Å². The second kappa shape index (κ2) is 6.18. The number of nitrogens with zero attached hydrogens (tertiary/aromatic N) is 1. The average molecular weight is 291 g/mol. The highest BCUT2D eigenvalue weighted by Gasteiger charge is 2.24. The second-order valence-electron chi connectivity index (χ2n) is 4.28. The Balaban J connectivity index is 2.21. The Kier molecular flexibility index (Phi) is 4.33. The Morgan fingerprint density at radius 2 is 1.90 bits per heavy atom. The van der Waals surface area contributed by atoms with Gasteiger partial charge in [-0.05, 0) is 36.8 Å². The van der Waals surface area contributed by atoms with E-state index in [1.54, 1.807) is 13.0 Å². The van der Waals surface area contributed by atoms with Crippen molar-refractivity contribution in [1.82, 2.24) is 0 Å². The van der Waals surface area contributed by atoms with E-state index < -0.39 is 18.3 Å². The number of ketones is 1. The number of halogens is 2. The summed E-state index contributed by atoms with van der Waals surface area (Å²) in [5, 5.41) is 9.17. The van der Waals surface area contributed by atoms with Crippen LogP contribution in [-0.2, 0) is 0 Å². The normalized spacial score (nSPS) is 12.0. The van der Waals surface area contributed by atoms with Crippen molar-refractivity contribution < 1.29 is 22.7 Å². The van der Waals surface area contributed by atoms with Gasteiger partial charge in [0.15, 0.2) is 5.76 Å². The van der Waals surface area contributed by atoms with E-state index in [9.17, 15) is 13.6 Å². The fourth-order valence-corrected chi connectivity index (χ4v) is 1.84. The second-order valence-corrected chi connectivity index (χ2v) is 4.28. The van der Waals surface area contributed by atoms with Gasteiger partial charge in [0, 0.05) is 0 Å². The van der Waals surface area contributed by atoms with E-state index in [4.69, 9.17) is 9.68 Å². The zero-order valence-corrected chi connectivity index (χ0v) is 11.0. The molecule has 0 N–H and O–H groups in total. The molecule has 0 saturated heterocycles. The topological polar surface area (TPSA) is 63.2 Å². The molecule has 1 heterocycles. The molecular weight excluding hydrogens is 280 g/mol. The summed E-state index contributed by atoms with van der Waals surface area (Å²) in [5.41, 5.74) is 0.387. The number of hydrogen-bond acceptors (Lipinski definition) is 4. The van der Waals surface area contributed by atoms with Gasteiger partial charge < -0.3 is 9.15 Å². The standard InChI is InChI=1S/C15H11F2NO3/c1-9-2-7-13(20-9)14(19)12(8-18)10-3-5-11(6-4-10)21-15(16)17/h2-7,12,15H,1H3. The molecule has 0 saturated carbocycles. The molecule has 0 bridgehead atoms. The Labute approximate surface area is 119 Å². The van der Waals surface area contributed by atoms with Gasteiger partial charge in [-0.1, -0.05) is 12.1 Å². The molecule has 2 aromatic rings. The van der Waals surface area contributed by atoms with E-state index >= 15 is 0 Å². The van der Waals surface area contributed by atoms with Crippen LogP contribution in [0.15, 0.2) is 40.8 Å². The van der Waals surface area contributed by atoms with E-state index in [0.717, 1.165) is 0 Å². The molecule has 0 amide bonds. The monoisotopic (exact) mass is 291 g/mol. The zero-order valence-electron chi connectivity index (χ0n) is 11.0. The zero-order chi connectivity index (χ0) is 15.4. The minimum absolute atomic E-state index is 0.0354. The van der Waals surface area contributed by atoms with Crippen molar-refractivity contribution in [2.75, 3.05) is 0 Å². The number of hydrogen-bond donors (Lipinski definition) is 0. The Morgan fingerprint density at radius 1 is 1.24 bits per heavy atom. The van der Waals surface area contributed by atoms with E-state index in [0.29, 0.717) is 11.3 Å². The molecule has 0 aliphatic rings. The summed E-state index contributed by atoms with van der Waals surface area (Å²) < 4.78 is 33.5. The number of Topliss-reactive ketones (excluding diaryl/α,β-unsaturated/α-hetero) is 1. The summed E-state index contributed by atoms with van der Waals surface area (Å²) >= 11 is 0. The first-order chi connectivity index (χ1) is 10.0. The lowest BCUT2D eigenvalue weighted by atomic mass is 9.95. The first kappa shape index (κ1) is 14.7. The number of nitriles is 1. The first-order valence-corrected chi connectivity index (χ1v) is 6.06. The van der Waals surface area contributed by atoms with Crippen molar-refractivity contribution in [1.29, 1.82) is 5.26 Å². The van der Waals surface area contributed by atoms with Crippen molar-refractivity contribution in [3.05, 3.63) is 53.5 Å². The van der Waals surface area contributed by atoms with Crippen LogP contribution in [-0.4, -0.2) is 12.4 Å². The minimum Gasteiger partial charge on any atom is -0.458 e. The first-order valence-electron chi connectivity index (χ1n) is 6.06. The lowest BCUT2D eigenvalue weighted by Crippen LogP contribution is -2.10. The third-order valence-electron chi connectivity index (χ3n) is 2.81. The van der Waals surface area contributed by atoms with Gasteiger partial charge in [-0.2, -0.15) is 14.0 Å². The summed E-state index contributed by atoms with van der Waals surface area (Å²) in [6.07, 6.45) is 0. The van der Waals surface area contributed by atoms with Crippen molar-refractivity contribution in [3.63, 3.8) is 0 Å². The van der Waals surface area contributed by atoms with Crippen LogP contribution in [0.1, 0.15) is 27.8 Å². The van der Waals surface area contributed by atoms with Crippen LogP contribution in [0, 0.1) is 18.3 Å². The van der Waals surface area contributed by atoms with Crippen LogP contribution in [0.2, 0.25) is 0 Å². The van der Waals surface area contributed by atoms with Gasteiger partial charge >= 0.3 is 6.61 Å². The SMILES string of the molecule is Cc1ccc(C(=O)C(C#N)c2ccc(OC(F)F)cc2)o1. The lowest BCUT2D eigenvalue weighted by Gasteiger charge is -2.08. The number of alkyl halides is 2. The molecule has 6 heteroatoms. The van der Waals surface area contributed by atoms with Gasteiger partial charge in [-0.3, -0.25) is 4.79 Å². The van der Waals surface area contributed by atoms with Gasteiger partial charge in [0.25, 0.3) is 0 Å². The summed E-state index contributed by atoms with van der Waals surface area (Å²) in [7, 11) is 0. The van der Waals surface area contributed by atoms with Crippen molar-refractivity contribution in [3.8, 4) is 11.8 Å². The molecule has 0 fully saturated rings. The maximum atomic E-state index is 12.2. The number of furan rings is 1. The van der Waals surface area contributed by atoms with E-state index in [1.807, 2.05) is 6.07 Å². The van der Waals surface area contributed by atoms with Crippen LogP contribution in [0.3, 0.4) is 0 Å². The van der Waals surface area contributed by atoms with Crippen LogP contribution < -0.4 is 4.74 Å². The smallest absolute Gasteiger partial charge is 0.387 e. The minimum atomic E-state index is -2.92. The van der Waals surface area contributed by atoms with E-state index in [-0.39, 0.29) is 11.5 Å². The molecule has 21 heavy (non-hydrogen) atoms. The van der Waals surface area contributed by atoms with Gasteiger partial charge in [0.1, 0.15) is 17.4 Å². The van der Waals surface area contributed by atoms with Crippen LogP contribution in [0.5, 0.6) is 5.75 Å². The fourth-order valence-electron chi connectivity index (χ4n) is 1.84. The summed E-state index contributed by atoms with van der Waals surface area (Å²) in [5.74, 6) is -0.918. The van der Waals surface area contributed by atoms with Crippen LogP contribution >= 0.6 is 0 Å². The van der Waals surface area contributed by atoms with Crippen LogP contribution in [0.4, 0.5) is 8.78 Å². The largest absolute Gasteiger partial charge is 0.458 e. The molecule has 0 aliphatic carbocycles. The Morgan fingerprint density at radius 3 is 2.38 bits per heavy atom. The number of aryl methyl sites for hydroxylation is 1. The Hall–Kier alpha value is -2.68. The molecule has 1 aromatic carbocycles. The van der Waals surface area contributed by atoms with Crippen molar-refractivity contribution in [2.24, 2.45) is 0 Å². The predicted octanol–water partition coefficient (Wildman–Crippen LogP) is 3.68. The molecule has 1 atom stereocenters. The third kappa shape index (κ3) is 3.45. The third-order valence-corrected chi connectivity index (χ3v) is 2.81. The average Bonchev–Trinajstić information content (AvgIpc) is 2.87. The Bertz CT molecular complexity index is 671.